The van der Waals surface area contributed by atoms with Crippen molar-refractivity contribution >= 4 is 17.7 Å². The fraction of sp³-hybridized carbons (Fsp3) is 0.231. The minimum Gasteiger partial charge on any atom is -0.497 e. The normalized spacial score (nSPS) is 11.7. The van der Waals surface area contributed by atoms with Crippen molar-refractivity contribution < 1.29 is 9.53 Å². The molecule has 4 rings (SSSR count). The lowest BCUT2D eigenvalue weighted by molar-refractivity contribution is -0.130. The van der Waals surface area contributed by atoms with Crippen molar-refractivity contribution in [2.45, 2.75) is 30.8 Å². The first-order valence-electron chi connectivity index (χ1n) is 11.1. The minimum atomic E-state index is -0.338. The number of aromatic nitrogens is 4. The number of pyridine rings is 1. The summed E-state index contributed by atoms with van der Waals surface area (Å²) in [5, 5.41) is 9.22. The maximum absolute atomic E-state index is 13.3. The molecule has 0 saturated heterocycles. The van der Waals surface area contributed by atoms with E-state index in [0.29, 0.717) is 24.1 Å². The second kappa shape index (κ2) is 11.0. The summed E-state index contributed by atoms with van der Waals surface area (Å²) in [7, 11) is 1.64. The van der Waals surface area contributed by atoms with Crippen LogP contribution < -0.4 is 4.74 Å². The molecule has 1 amide bonds. The lowest BCUT2D eigenvalue weighted by atomic mass is 10.2. The zero-order valence-electron chi connectivity index (χ0n) is 19.5. The van der Waals surface area contributed by atoms with Crippen LogP contribution in [0.25, 0.3) is 17.1 Å². The van der Waals surface area contributed by atoms with Gasteiger partial charge in [0.05, 0.1) is 12.4 Å². The molecule has 8 heteroatoms. The van der Waals surface area contributed by atoms with Crippen LogP contribution in [-0.2, 0) is 11.3 Å². The highest BCUT2D eigenvalue weighted by Crippen LogP contribution is 2.31. The number of rotatable bonds is 9. The molecule has 4 aromatic rings. The largest absolute Gasteiger partial charge is 0.497 e. The molecule has 2 aromatic carbocycles. The number of amides is 1. The molecular weight excluding hydrogens is 446 g/mol. The van der Waals surface area contributed by atoms with Gasteiger partial charge in [0.2, 0.25) is 5.91 Å². The number of ether oxygens (including phenoxy) is 1. The average molecular weight is 474 g/mol. The Balaban J connectivity index is 1.63. The Hall–Kier alpha value is -3.65. The van der Waals surface area contributed by atoms with Gasteiger partial charge in [-0.2, -0.15) is 0 Å². The van der Waals surface area contributed by atoms with Crippen LogP contribution in [0.4, 0.5) is 0 Å². The molecule has 1 atom stereocenters. The smallest absolute Gasteiger partial charge is 0.236 e. The van der Waals surface area contributed by atoms with E-state index in [1.165, 1.54) is 11.8 Å². The average Bonchev–Trinajstić information content (AvgIpc) is 3.31. The van der Waals surface area contributed by atoms with Crippen LogP contribution in [0, 0.1) is 0 Å². The van der Waals surface area contributed by atoms with Crippen LogP contribution in [0.5, 0.6) is 5.75 Å². The van der Waals surface area contributed by atoms with E-state index in [2.05, 4.69) is 15.2 Å². The van der Waals surface area contributed by atoms with Crippen LogP contribution >= 0.6 is 11.8 Å². The number of carbonyl (C=O) groups is 1. The zero-order chi connectivity index (χ0) is 23.9. The Morgan fingerprint density at radius 3 is 2.38 bits per heavy atom. The van der Waals surface area contributed by atoms with E-state index in [9.17, 15) is 4.79 Å². The number of hydrogen-bond acceptors (Lipinski definition) is 6. The lowest BCUT2D eigenvalue weighted by Crippen LogP contribution is -2.36. The van der Waals surface area contributed by atoms with E-state index in [4.69, 9.17) is 4.74 Å². The molecule has 0 aliphatic heterocycles. The summed E-state index contributed by atoms with van der Waals surface area (Å²) >= 11 is 1.40. The Morgan fingerprint density at radius 2 is 1.74 bits per heavy atom. The van der Waals surface area contributed by atoms with E-state index in [1.54, 1.807) is 19.5 Å². The second-order valence-corrected chi connectivity index (χ2v) is 8.98. The first-order valence-corrected chi connectivity index (χ1v) is 12.0. The number of methoxy groups -OCH3 is 1. The topological polar surface area (TPSA) is 73.1 Å². The highest BCUT2D eigenvalue weighted by atomic mass is 32.2. The van der Waals surface area contributed by atoms with Crippen LogP contribution in [0.1, 0.15) is 19.4 Å². The third-order valence-electron chi connectivity index (χ3n) is 5.44. The molecule has 174 valence electrons. The van der Waals surface area contributed by atoms with Crippen molar-refractivity contribution in [3.8, 4) is 22.8 Å². The highest BCUT2D eigenvalue weighted by molar-refractivity contribution is 8.00. The second-order valence-electron chi connectivity index (χ2n) is 7.67. The van der Waals surface area contributed by atoms with Crippen LogP contribution in [0.2, 0.25) is 0 Å². The van der Waals surface area contributed by atoms with E-state index in [-0.39, 0.29) is 11.2 Å². The van der Waals surface area contributed by atoms with Gasteiger partial charge in [-0.3, -0.25) is 14.3 Å². The van der Waals surface area contributed by atoms with Gasteiger partial charge >= 0.3 is 0 Å². The zero-order valence-corrected chi connectivity index (χ0v) is 20.3. The van der Waals surface area contributed by atoms with Crippen LogP contribution in [0.3, 0.4) is 0 Å². The summed E-state index contributed by atoms with van der Waals surface area (Å²) < 4.78 is 7.28. The van der Waals surface area contributed by atoms with Gasteiger partial charge in [0, 0.05) is 36.7 Å². The third-order valence-corrected chi connectivity index (χ3v) is 6.47. The number of thioether (sulfide) groups is 1. The fourth-order valence-corrected chi connectivity index (χ4v) is 4.56. The Bertz CT molecular complexity index is 1210. The lowest BCUT2D eigenvalue weighted by Gasteiger charge is -2.24. The molecule has 0 saturated carbocycles. The molecule has 34 heavy (non-hydrogen) atoms. The van der Waals surface area contributed by atoms with E-state index in [0.717, 1.165) is 22.6 Å². The molecule has 2 heterocycles. The Labute approximate surface area is 203 Å². The SMILES string of the molecule is CCN(Cc1ccccc1)C(=O)C(C)Sc1nnc(-c2ccncc2)n1-c1ccc(OC)cc1. The summed E-state index contributed by atoms with van der Waals surface area (Å²) in [5.74, 6) is 1.51. The van der Waals surface area contributed by atoms with Gasteiger partial charge in [0.15, 0.2) is 11.0 Å². The van der Waals surface area contributed by atoms with Crippen molar-refractivity contribution in [3.63, 3.8) is 0 Å². The molecule has 0 aliphatic rings. The van der Waals surface area contributed by atoms with Gasteiger partial charge in [0.1, 0.15) is 5.75 Å². The summed E-state index contributed by atoms with van der Waals surface area (Å²) in [6.07, 6.45) is 3.45. The van der Waals surface area contributed by atoms with Crippen molar-refractivity contribution in [2.24, 2.45) is 0 Å². The predicted molar refractivity (Wildman–Crippen MR) is 134 cm³/mol. The number of hydrogen-bond donors (Lipinski definition) is 0. The fourth-order valence-electron chi connectivity index (χ4n) is 3.61. The van der Waals surface area contributed by atoms with Gasteiger partial charge in [-0.1, -0.05) is 42.1 Å². The quantitative estimate of drug-likeness (QED) is 0.323. The summed E-state index contributed by atoms with van der Waals surface area (Å²) in [5.41, 5.74) is 2.89. The van der Waals surface area contributed by atoms with Crippen molar-refractivity contribution in [1.82, 2.24) is 24.6 Å². The third kappa shape index (κ3) is 5.28. The summed E-state index contributed by atoms with van der Waals surface area (Å²) in [6, 6.07) is 21.5. The summed E-state index contributed by atoms with van der Waals surface area (Å²) in [4.78, 5) is 19.3. The van der Waals surface area contributed by atoms with Gasteiger partial charge in [-0.25, -0.2) is 0 Å². The monoisotopic (exact) mass is 473 g/mol. The van der Waals surface area contributed by atoms with Crippen molar-refractivity contribution in [1.29, 1.82) is 0 Å². The maximum Gasteiger partial charge on any atom is 0.236 e. The van der Waals surface area contributed by atoms with Crippen molar-refractivity contribution in [2.75, 3.05) is 13.7 Å². The molecule has 0 spiro atoms. The molecule has 1 unspecified atom stereocenters. The van der Waals surface area contributed by atoms with Crippen molar-refractivity contribution in [3.05, 3.63) is 84.7 Å². The number of nitrogens with zero attached hydrogens (tertiary/aromatic N) is 5. The molecule has 0 radical (unpaired) electrons. The van der Waals surface area contributed by atoms with Gasteiger partial charge in [-0.05, 0) is 55.8 Å². The van der Waals surface area contributed by atoms with Gasteiger partial charge in [0.25, 0.3) is 0 Å². The van der Waals surface area contributed by atoms with E-state index in [1.807, 2.05) is 90.0 Å². The van der Waals surface area contributed by atoms with Crippen LogP contribution in [0.15, 0.2) is 84.3 Å². The standard InChI is InChI=1S/C26H27N5O2S/c1-4-30(18-20-8-6-5-7-9-20)25(32)19(2)34-26-29-28-24(21-14-16-27-17-15-21)31(26)22-10-12-23(33-3)13-11-22/h5-17,19H,4,18H2,1-3H3. The summed E-state index contributed by atoms with van der Waals surface area (Å²) in [6.45, 7) is 5.13. The van der Waals surface area contributed by atoms with Gasteiger partial charge < -0.3 is 9.64 Å². The first-order chi connectivity index (χ1) is 16.6. The number of benzene rings is 2. The molecular formula is C26H27N5O2S. The highest BCUT2D eigenvalue weighted by Gasteiger charge is 2.25. The first kappa shape index (κ1) is 23.5. The van der Waals surface area contributed by atoms with Gasteiger partial charge in [-0.15, -0.1) is 10.2 Å². The molecule has 7 nitrogen and oxygen atoms in total. The van der Waals surface area contributed by atoms with E-state index >= 15 is 0 Å². The molecule has 2 aromatic heterocycles. The number of carbonyl (C=O) groups excluding carboxylic acids is 1. The van der Waals surface area contributed by atoms with E-state index < -0.39 is 0 Å². The molecule has 0 N–H and O–H groups in total. The molecule has 0 aliphatic carbocycles. The molecule has 0 fully saturated rings. The van der Waals surface area contributed by atoms with Crippen LogP contribution in [-0.4, -0.2) is 49.5 Å². The molecule has 0 bridgehead atoms. The minimum absolute atomic E-state index is 0.0612. The predicted octanol–water partition coefficient (Wildman–Crippen LogP) is 4.87. The Kier molecular flexibility index (Phi) is 7.59. The maximum atomic E-state index is 13.3. The Morgan fingerprint density at radius 1 is 1.03 bits per heavy atom.